The summed E-state index contributed by atoms with van der Waals surface area (Å²) >= 11 is 0. The van der Waals surface area contributed by atoms with E-state index in [2.05, 4.69) is 31.8 Å². The van der Waals surface area contributed by atoms with Crippen molar-refractivity contribution >= 4 is 31.0 Å². The molecular formula is C16H18OSi. The number of rotatable bonds is 4. The van der Waals surface area contributed by atoms with E-state index in [1.807, 2.05) is 24.3 Å². The monoisotopic (exact) mass is 254 g/mol. The third-order valence-corrected chi connectivity index (χ3v) is 5.08. The van der Waals surface area contributed by atoms with Crippen LogP contribution in [0.5, 0.6) is 0 Å². The van der Waals surface area contributed by atoms with Gasteiger partial charge >= 0.3 is 0 Å². The van der Waals surface area contributed by atoms with E-state index in [4.69, 9.17) is 0 Å². The van der Waals surface area contributed by atoms with Gasteiger partial charge in [0, 0.05) is 5.56 Å². The van der Waals surface area contributed by atoms with E-state index in [-0.39, 0.29) is 0 Å². The Bertz CT molecular complexity index is 599. The van der Waals surface area contributed by atoms with E-state index in [9.17, 15) is 4.79 Å². The minimum Gasteiger partial charge on any atom is -0.298 e. The van der Waals surface area contributed by atoms with Crippen LogP contribution in [0.25, 0.3) is 10.8 Å². The van der Waals surface area contributed by atoms with Crippen molar-refractivity contribution in [2.45, 2.75) is 19.5 Å². The maximum Gasteiger partial charge on any atom is 0.150 e. The molecule has 2 aromatic rings. The fourth-order valence-corrected chi connectivity index (χ4v) is 3.95. The first kappa shape index (κ1) is 12.8. The SMILES string of the molecule is C=CCc1c([SiH](C)C)cc(C=O)c2ccccc12. The lowest BCUT2D eigenvalue weighted by Gasteiger charge is -2.15. The molecular weight excluding hydrogens is 236 g/mol. The van der Waals surface area contributed by atoms with Gasteiger partial charge in [-0.05, 0) is 22.8 Å². The quantitative estimate of drug-likeness (QED) is 0.465. The van der Waals surface area contributed by atoms with Gasteiger partial charge in [-0.3, -0.25) is 4.79 Å². The Labute approximate surface area is 110 Å². The lowest BCUT2D eigenvalue weighted by atomic mass is 9.98. The van der Waals surface area contributed by atoms with Gasteiger partial charge in [-0.2, -0.15) is 0 Å². The highest BCUT2D eigenvalue weighted by Gasteiger charge is 2.13. The molecule has 0 fully saturated rings. The average Bonchev–Trinajstić information content (AvgIpc) is 2.39. The van der Waals surface area contributed by atoms with Gasteiger partial charge in [0.15, 0.2) is 6.29 Å². The Morgan fingerprint density at radius 2 is 1.89 bits per heavy atom. The maximum atomic E-state index is 11.3. The van der Waals surface area contributed by atoms with Crippen molar-refractivity contribution in [1.82, 2.24) is 0 Å². The Morgan fingerprint density at radius 1 is 1.22 bits per heavy atom. The number of hydrogen-bond donors (Lipinski definition) is 0. The first-order valence-corrected chi connectivity index (χ1v) is 9.18. The molecule has 0 aliphatic rings. The predicted molar refractivity (Wildman–Crippen MR) is 81.7 cm³/mol. The zero-order valence-corrected chi connectivity index (χ0v) is 12.1. The normalized spacial score (nSPS) is 10.8. The smallest absolute Gasteiger partial charge is 0.150 e. The topological polar surface area (TPSA) is 17.1 Å². The molecule has 0 heterocycles. The molecule has 0 saturated heterocycles. The van der Waals surface area contributed by atoms with Gasteiger partial charge in [0.2, 0.25) is 0 Å². The van der Waals surface area contributed by atoms with Crippen LogP contribution in [0.15, 0.2) is 43.0 Å². The Hall–Kier alpha value is -1.67. The number of fused-ring (bicyclic) bond motifs is 1. The lowest BCUT2D eigenvalue weighted by Crippen LogP contribution is -2.27. The van der Waals surface area contributed by atoms with Gasteiger partial charge in [0.05, 0.1) is 8.80 Å². The van der Waals surface area contributed by atoms with Crippen LogP contribution in [0.3, 0.4) is 0 Å². The van der Waals surface area contributed by atoms with Crippen LogP contribution in [0, 0.1) is 0 Å². The van der Waals surface area contributed by atoms with Gasteiger partial charge in [-0.15, -0.1) is 6.58 Å². The van der Waals surface area contributed by atoms with Gasteiger partial charge in [0.25, 0.3) is 0 Å². The third-order valence-electron chi connectivity index (χ3n) is 3.32. The molecule has 0 aliphatic heterocycles. The Kier molecular flexibility index (Phi) is 3.77. The van der Waals surface area contributed by atoms with E-state index >= 15 is 0 Å². The van der Waals surface area contributed by atoms with Gasteiger partial charge < -0.3 is 0 Å². The summed E-state index contributed by atoms with van der Waals surface area (Å²) in [7, 11) is -0.956. The number of allylic oxidation sites excluding steroid dienone is 1. The molecule has 2 aromatic carbocycles. The maximum absolute atomic E-state index is 11.3. The minimum atomic E-state index is -0.956. The largest absolute Gasteiger partial charge is 0.298 e. The van der Waals surface area contributed by atoms with Crippen molar-refractivity contribution in [3.05, 3.63) is 54.1 Å². The Balaban J connectivity index is 2.86. The summed E-state index contributed by atoms with van der Waals surface area (Å²) in [4.78, 5) is 11.3. The summed E-state index contributed by atoms with van der Waals surface area (Å²) < 4.78 is 0. The van der Waals surface area contributed by atoms with Crippen LogP contribution >= 0.6 is 0 Å². The van der Waals surface area contributed by atoms with Gasteiger partial charge in [0.1, 0.15) is 0 Å². The van der Waals surface area contributed by atoms with Crippen LogP contribution in [-0.2, 0) is 6.42 Å². The van der Waals surface area contributed by atoms with Crippen LogP contribution in [0.1, 0.15) is 15.9 Å². The molecule has 0 amide bonds. The molecule has 1 nitrogen and oxygen atoms in total. The summed E-state index contributed by atoms with van der Waals surface area (Å²) in [5, 5.41) is 3.65. The summed E-state index contributed by atoms with van der Waals surface area (Å²) in [5.74, 6) is 0. The molecule has 0 bridgehead atoms. The second-order valence-corrected chi connectivity index (χ2v) is 7.78. The van der Waals surface area contributed by atoms with Crippen molar-refractivity contribution in [2.75, 3.05) is 0 Å². The number of carbonyl (C=O) groups is 1. The molecule has 2 heteroatoms. The molecule has 0 saturated carbocycles. The summed E-state index contributed by atoms with van der Waals surface area (Å²) in [5.41, 5.74) is 2.17. The van der Waals surface area contributed by atoms with Crippen molar-refractivity contribution in [3.8, 4) is 0 Å². The second kappa shape index (κ2) is 5.32. The first-order valence-electron chi connectivity index (χ1n) is 6.29. The zero-order chi connectivity index (χ0) is 13.1. The van der Waals surface area contributed by atoms with Crippen LogP contribution < -0.4 is 5.19 Å². The fourth-order valence-electron chi connectivity index (χ4n) is 2.47. The van der Waals surface area contributed by atoms with E-state index in [0.717, 1.165) is 23.7 Å². The first-order chi connectivity index (χ1) is 8.69. The predicted octanol–water partition coefficient (Wildman–Crippen LogP) is 3.07. The fraction of sp³-hybridized carbons (Fsp3) is 0.188. The number of aldehydes is 1. The van der Waals surface area contributed by atoms with Crippen LogP contribution in [-0.4, -0.2) is 15.1 Å². The van der Waals surface area contributed by atoms with Crippen molar-refractivity contribution < 1.29 is 4.79 Å². The van der Waals surface area contributed by atoms with Crippen molar-refractivity contribution in [3.63, 3.8) is 0 Å². The van der Waals surface area contributed by atoms with Crippen molar-refractivity contribution in [2.24, 2.45) is 0 Å². The zero-order valence-electron chi connectivity index (χ0n) is 10.9. The highest BCUT2D eigenvalue weighted by Crippen LogP contribution is 2.22. The van der Waals surface area contributed by atoms with Crippen LogP contribution in [0.4, 0.5) is 0 Å². The molecule has 0 atom stereocenters. The molecule has 0 unspecified atom stereocenters. The molecule has 92 valence electrons. The van der Waals surface area contributed by atoms with E-state index < -0.39 is 8.80 Å². The highest BCUT2D eigenvalue weighted by molar-refractivity contribution is 6.71. The number of hydrogen-bond acceptors (Lipinski definition) is 1. The lowest BCUT2D eigenvalue weighted by molar-refractivity contribution is 0.112. The molecule has 0 N–H and O–H groups in total. The number of benzene rings is 2. The van der Waals surface area contributed by atoms with Gasteiger partial charge in [-0.25, -0.2) is 0 Å². The average molecular weight is 254 g/mol. The van der Waals surface area contributed by atoms with Gasteiger partial charge in [-0.1, -0.05) is 54.7 Å². The molecule has 0 radical (unpaired) electrons. The third kappa shape index (κ3) is 2.16. The standard InChI is InChI=1S/C16H18OSi/c1-4-7-15-14-9-6-5-8-13(14)12(11-17)10-16(15)18(2)3/h4-6,8-11,18H,1,7H2,2-3H3. The summed E-state index contributed by atoms with van der Waals surface area (Å²) in [6.07, 6.45) is 3.79. The highest BCUT2D eigenvalue weighted by atomic mass is 28.3. The molecule has 0 spiro atoms. The van der Waals surface area contributed by atoms with E-state index in [0.29, 0.717) is 0 Å². The second-order valence-electron chi connectivity index (χ2n) is 4.84. The number of carbonyl (C=O) groups excluding carboxylic acids is 1. The van der Waals surface area contributed by atoms with E-state index in [1.165, 1.54) is 16.1 Å². The van der Waals surface area contributed by atoms with Crippen LogP contribution in [0.2, 0.25) is 13.1 Å². The molecule has 0 aliphatic carbocycles. The Morgan fingerprint density at radius 3 is 2.44 bits per heavy atom. The van der Waals surface area contributed by atoms with Crippen molar-refractivity contribution in [1.29, 1.82) is 0 Å². The molecule has 2 rings (SSSR count). The summed E-state index contributed by atoms with van der Waals surface area (Å²) in [6.45, 7) is 8.45. The summed E-state index contributed by atoms with van der Waals surface area (Å²) in [6, 6.07) is 10.2. The minimum absolute atomic E-state index is 0.814. The molecule has 0 aromatic heterocycles. The molecule has 18 heavy (non-hydrogen) atoms. The van der Waals surface area contributed by atoms with E-state index in [1.54, 1.807) is 0 Å².